The van der Waals surface area contributed by atoms with Crippen molar-refractivity contribution in [2.75, 3.05) is 18.5 Å². The molecule has 0 spiro atoms. The minimum atomic E-state index is -0.000784. The van der Waals surface area contributed by atoms with E-state index >= 15 is 0 Å². The predicted octanol–water partition coefficient (Wildman–Crippen LogP) is 2.16. The van der Waals surface area contributed by atoms with E-state index < -0.39 is 0 Å². The van der Waals surface area contributed by atoms with Crippen molar-refractivity contribution in [3.05, 3.63) is 41.3 Å². The second-order valence-corrected chi connectivity index (χ2v) is 5.32. The highest BCUT2D eigenvalue weighted by atomic mass is 16.5. The second kappa shape index (κ2) is 6.21. The van der Waals surface area contributed by atoms with Crippen LogP contribution in [-0.4, -0.2) is 37.9 Å². The van der Waals surface area contributed by atoms with Crippen LogP contribution < -0.4 is 10.1 Å². The first-order chi connectivity index (χ1) is 11.1. The summed E-state index contributed by atoms with van der Waals surface area (Å²) in [5.41, 5.74) is 3.83. The minimum Gasteiger partial charge on any atom is -0.491 e. The van der Waals surface area contributed by atoms with Crippen molar-refractivity contribution in [3.63, 3.8) is 0 Å². The molecule has 0 bridgehead atoms. The highest BCUT2D eigenvalue weighted by Crippen LogP contribution is 2.26. The standard InChI is InChI=1S/C16H19N5O2/c1-10-8-13(4-5-14(10)23-7-6-22)20-15-11(2)12(3)19-16-17-9-18-21(15)16/h4-5,8-9,20,22H,6-7H2,1-3H3. The minimum absolute atomic E-state index is 0.000784. The van der Waals surface area contributed by atoms with Crippen molar-refractivity contribution >= 4 is 17.3 Å². The Bertz CT molecular complexity index is 844. The molecule has 0 amide bonds. The molecular formula is C16H19N5O2. The Morgan fingerprint density at radius 2 is 2.09 bits per heavy atom. The number of ether oxygens (including phenoxy) is 1. The number of nitrogens with zero attached hydrogens (tertiary/aromatic N) is 4. The summed E-state index contributed by atoms with van der Waals surface area (Å²) in [6.07, 6.45) is 1.49. The molecule has 7 heteroatoms. The van der Waals surface area contributed by atoms with E-state index in [1.54, 1.807) is 4.52 Å². The molecule has 3 rings (SSSR count). The van der Waals surface area contributed by atoms with Gasteiger partial charge in [0.05, 0.1) is 6.61 Å². The number of nitrogens with one attached hydrogen (secondary N) is 1. The zero-order valence-electron chi connectivity index (χ0n) is 13.4. The summed E-state index contributed by atoms with van der Waals surface area (Å²) >= 11 is 0. The van der Waals surface area contributed by atoms with Gasteiger partial charge in [0.2, 0.25) is 0 Å². The van der Waals surface area contributed by atoms with Gasteiger partial charge in [-0.15, -0.1) is 0 Å². The summed E-state index contributed by atoms with van der Waals surface area (Å²) in [6, 6.07) is 5.80. The summed E-state index contributed by atoms with van der Waals surface area (Å²) in [6.45, 7) is 6.20. The maximum absolute atomic E-state index is 8.85. The van der Waals surface area contributed by atoms with Gasteiger partial charge in [-0.1, -0.05) is 0 Å². The highest BCUT2D eigenvalue weighted by molar-refractivity contribution is 5.64. The van der Waals surface area contributed by atoms with E-state index in [1.165, 1.54) is 6.33 Å². The summed E-state index contributed by atoms with van der Waals surface area (Å²) in [5, 5.41) is 16.5. The fraction of sp³-hybridized carbons (Fsp3) is 0.312. The molecule has 0 aliphatic rings. The summed E-state index contributed by atoms with van der Waals surface area (Å²) in [4.78, 5) is 8.55. The third-order valence-corrected chi connectivity index (χ3v) is 3.69. The van der Waals surface area contributed by atoms with Crippen LogP contribution in [-0.2, 0) is 0 Å². The predicted molar refractivity (Wildman–Crippen MR) is 87.3 cm³/mol. The molecule has 3 aromatic rings. The van der Waals surface area contributed by atoms with Gasteiger partial charge in [-0.25, -0.2) is 4.98 Å². The Morgan fingerprint density at radius 1 is 1.26 bits per heavy atom. The van der Waals surface area contributed by atoms with E-state index in [9.17, 15) is 0 Å². The van der Waals surface area contributed by atoms with Gasteiger partial charge >= 0.3 is 0 Å². The third kappa shape index (κ3) is 2.95. The van der Waals surface area contributed by atoms with Crippen LogP contribution in [0.25, 0.3) is 5.78 Å². The smallest absolute Gasteiger partial charge is 0.254 e. The average molecular weight is 313 g/mol. The molecule has 0 atom stereocenters. The molecular weight excluding hydrogens is 294 g/mol. The molecule has 7 nitrogen and oxygen atoms in total. The highest BCUT2D eigenvalue weighted by Gasteiger charge is 2.11. The number of aromatic nitrogens is 4. The normalized spacial score (nSPS) is 11.0. The number of hydrogen-bond acceptors (Lipinski definition) is 6. The van der Waals surface area contributed by atoms with Crippen molar-refractivity contribution < 1.29 is 9.84 Å². The lowest BCUT2D eigenvalue weighted by Gasteiger charge is -2.14. The fourth-order valence-corrected chi connectivity index (χ4v) is 2.36. The lowest BCUT2D eigenvalue weighted by Crippen LogP contribution is -2.07. The molecule has 1 aromatic carbocycles. The van der Waals surface area contributed by atoms with Crippen LogP contribution in [0, 0.1) is 20.8 Å². The number of rotatable bonds is 5. The second-order valence-electron chi connectivity index (χ2n) is 5.32. The van der Waals surface area contributed by atoms with E-state index in [2.05, 4.69) is 20.4 Å². The van der Waals surface area contributed by atoms with Crippen LogP contribution >= 0.6 is 0 Å². The Balaban J connectivity index is 1.95. The van der Waals surface area contributed by atoms with Gasteiger partial charge in [0.15, 0.2) is 0 Å². The molecule has 0 aliphatic carbocycles. The monoisotopic (exact) mass is 313 g/mol. The molecule has 0 unspecified atom stereocenters. The number of hydrogen-bond donors (Lipinski definition) is 2. The lowest BCUT2D eigenvalue weighted by atomic mass is 10.2. The summed E-state index contributed by atoms with van der Waals surface area (Å²) in [7, 11) is 0. The van der Waals surface area contributed by atoms with Crippen LogP contribution in [0.15, 0.2) is 24.5 Å². The molecule has 23 heavy (non-hydrogen) atoms. The maximum Gasteiger partial charge on any atom is 0.254 e. The summed E-state index contributed by atoms with van der Waals surface area (Å²) < 4.78 is 7.16. The molecule has 0 radical (unpaired) electrons. The number of benzene rings is 1. The van der Waals surface area contributed by atoms with Gasteiger partial charge < -0.3 is 15.2 Å². The number of fused-ring (bicyclic) bond motifs is 1. The molecule has 0 fully saturated rings. The molecule has 0 saturated heterocycles. The number of aryl methyl sites for hydroxylation is 2. The molecule has 2 aromatic heterocycles. The Kier molecular flexibility index (Phi) is 4.12. The number of anilines is 2. The number of aliphatic hydroxyl groups is 1. The molecule has 0 aliphatic heterocycles. The quantitative estimate of drug-likeness (QED) is 0.751. The van der Waals surface area contributed by atoms with E-state index in [-0.39, 0.29) is 13.2 Å². The maximum atomic E-state index is 8.85. The van der Waals surface area contributed by atoms with Crippen LogP contribution in [0.2, 0.25) is 0 Å². The van der Waals surface area contributed by atoms with Crippen LogP contribution in [0.1, 0.15) is 16.8 Å². The first kappa shape index (κ1) is 15.2. The molecule has 2 N–H and O–H groups in total. The van der Waals surface area contributed by atoms with Gasteiger partial charge in [-0.3, -0.25) is 0 Å². The van der Waals surface area contributed by atoms with Gasteiger partial charge in [0.25, 0.3) is 5.78 Å². The molecule has 2 heterocycles. The Labute approximate surface area is 134 Å². The molecule has 0 saturated carbocycles. The van der Waals surface area contributed by atoms with Gasteiger partial charge in [0, 0.05) is 16.9 Å². The topological polar surface area (TPSA) is 84.6 Å². The van der Waals surface area contributed by atoms with Crippen molar-refractivity contribution in [2.45, 2.75) is 20.8 Å². The van der Waals surface area contributed by atoms with E-state index in [4.69, 9.17) is 9.84 Å². The van der Waals surface area contributed by atoms with Crippen molar-refractivity contribution in [1.82, 2.24) is 19.6 Å². The largest absolute Gasteiger partial charge is 0.491 e. The fourth-order valence-electron chi connectivity index (χ4n) is 2.36. The van der Waals surface area contributed by atoms with Crippen LogP contribution in [0.4, 0.5) is 11.5 Å². The molecule has 120 valence electrons. The third-order valence-electron chi connectivity index (χ3n) is 3.69. The summed E-state index contributed by atoms with van der Waals surface area (Å²) in [5.74, 6) is 2.17. The van der Waals surface area contributed by atoms with Gasteiger partial charge in [0.1, 0.15) is 24.5 Å². The average Bonchev–Trinajstić information content (AvgIpc) is 2.99. The van der Waals surface area contributed by atoms with Gasteiger partial charge in [-0.2, -0.15) is 14.6 Å². The SMILES string of the molecule is Cc1cc(Nc2c(C)c(C)nc3ncnn23)ccc1OCCO. The first-order valence-electron chi connectivity index (χ1n) is 7.38. The van der Waals surface area contributed by atoms with Crippen molar-refractivity contribution in [1.29, 1.82) is 0 Å². The van der Waals surface area contributed by atoms with E-state index in [0.717, 1.165) is 34.1 Å². The van der Waals surface area contributed by atoms with Crippen molar-refractivity contribution in [2.24, 2.45) is 0 Å². The zero-order valence-corrected chi connectivity index (χ0v) is 13.4. The van der Waals surface area contributed by atoms with E-state index in [0.29, 0.717) is 5.78 Å². The Morgan fingerprint density at radius 3 is 2.83 bits per heavy atom. The zero-order chi connectivity index (χ0) is 16.4. The lowest BCUT2D eigenvalue weighted by molar-refractivity contribution is 0.200. The van der Waals surface area contributed by atoms with Crippen molar-refractivity contribution in [3.8, 4) is 5.75 Å². The first-order valence-corrected chi connectivity index (χ1v) is 7.38. The van der Waals surface area contributed by atoms with Crippen LogP contribution in [0.3, 0.4) is 0 Å². The number of aliphatic hydroxyl groups excluding tert-OH is 1. The van der Waals surface area contributed by atoms with E-state index in [1.807, 2.05) is 39.0 Å². The van der Waals surface area contributed by atoms with Gasteiger partial charge in [-0.05, 0) is 44.5 Å². The Hall–Kier alpha value is -2.67. The van der Waals surface area contributed by atoms with Crippen LogP contribution in [0.5, 0.6) is 5.75 Å².